The summed E-state index contributed by atoms with van der Waals surface area (Å²) in [4.78, 5) is 12.6. The minimum atomic E-state index is 0.267. The Hall–Kier alpha value is -0.0200. The van der Waals surface area contributed by atoms with Crippen molar-refractivity contribution in [2.45, 2.75) is 141 Å². The average molecular weight is 441 g/mol. The van der Waals surface area contributed by atoms with Crippen LogP contribution in [0, 0.1) is 11.8 Å². The monoisotopic (exact) mass is 440 g/mol. The molecular weight excluding hydrogens is 388 g/mol. The van der Waals surface area contributed by atoms with Gasteiger partial charge in [0.15, 0.2) is 0 Å². The van der Waals surface area contributed by atoms with E-state index in [0.29, 0.717) is 11.7 Å². The van der Waals surface area contributed by atoms with Crippen molar-refractivity contribution < 1.29 is 9.90 Å². The molecule has 0 heterocycles. The van der Waals surface area contributed by atoms with E-state index in [0.717, 1.165) is 43.3 Å². The van der Waals surface area contributed by atoms with Gasteiger partial charge in [0.1, 0.15) is 5.78 Å². The Morgan fingerprint density at radius 1 is 0.800 bits per heavy atom. The van der Waals surface area contributed by atoms with Gasteiger partial charge in [-0.1, -0.05) is 84.5 Å². The van der Waals surface area contributed by atoms with Crippen molar-refractivity contribution in [2.75, 3.05) is 12.4 Å². The van der Waals surface area contributed by atoms with Gasteiger partial charge in [0.25, 0.3) is 0 Å². The third kappa shape index (κ3) is 14.9. The van der Waals surface area contributed by atoms with Crippen LogP contribution in [-0.2, 0) is 4.79 Å². The Morgan fingerprint density at radius 2 is 1.37 bits per heavy atom. The predicted octanol–water partition coefficient (Wildman–Crippen LogP) is 8.35. The minimum absolute atomic E-state index is 0.267. The molecule has 3 heteroatoms. The molecule has 2 atom stereocenters. The Bertz CT molecular complexity index is 392. The first-order valence-corrected chi connectivity index (χ1v) is 14.5. The van der Waals surface area contributed by atoms with Crippen LogP contribution in [0.1, 0.15) is 136 Å². The number of unbranched alkanes of at least 4 members (excludes halogenated alkanes) is 4. The number of aliphatic hydroxyl groups excluding tert-OH is 1. The van der Waals surface area contributed by atoms with Gasteiger partial charge >= 0.3 is 0 Å². The Kier molecular flexibility index (Phi) is 18.3. The fourth-order valence-electron chi connectivity index (χ4n) is 4.90. The zero-order valence-corrected chi connectivity index (χ0v) is 21.2. The molecule has 0 radical (unpaired) electrons. The van der Waals surface area contributed by atoms with Crippen LogP contribution < -0.4 is 0 Å². The van der Waals surface area contributed by atoms with Crippen molar-refractivity contribution in [1.29, 1.82) is 0 Å². The molecule has 1 saturated carbocycles. The van der Waals surface area contributed by atoms with Crippen molar-refractivity contribution in [3.63, 3.8) is 0 Å². The van der Waals surface area contributed by atoms with Gasteiger partial charge in [-0.25, -0.2) is 0 Å². The van der Waals surface area contributed by atoms with E-state index in [1.807, 2.05) is 0 Å². The van der Waals surface area contributed by atoms with E-state index in [-0.39, 0.29) is 6.61 Å². The zero-order valence-electron chi connectivity index (χ0n) is 20.3. The lowest BCUT2D eigenvalue weighted by Gasteiger charge is -2.22. The van der Waals surface area contributed by atoms with Crippen LogP contribution in [0.2, 0.25) is 0 Å². The molecule has 1 aliphatic rings. The maximum absolute atomic E-state index is 12.6. The van der Waals surface area contributed by atoms with Crippen molar-refractivity contribution in [2.24, 2.45) is 11.8 Å². The van der Waals surface area contributed by atoms with Gasteiger partial charge in [0.05, 0.1) is 0 Å². The molecular formula is C27H52O2S. The van der Waals surface area contributed by atoms with Gasteiger partial charge in [0.2, 0.25) is 0 Å². The largest absolute Gasteiger partial charge is 0.396 e. The Morgan fingerprint density at radius 3 is 1.90 bits per heavy atom. The summed E-state index contributed by atoms with van der Waals surface area (Å²) in [7, 11) is 0. The number of carbonyl (C=O) groups excluding carboxylic acids is 1. The standard InChI is InChI=1S/C27H52O2S/c1-3-5-8-12-24(20-22-28)16-18-26(29)19-17-25(13-9-6-4-2)21-23-30-27-14-10-7-11-15-27/h24-25,27-28H,3-23H2,1-2H3. The molecule has 1 fully saturated rings. The molecule has 0 saturated heterocycles. The second-order valence-corrected chi connectivity index (χ2v) is 11.2. The van der Waals surface area contributed by atoms with Crippen LogP contribution >= 0.6 is 11.8 Å². The summed E-state index contributed by atoms with van der Waals surface area (Å²) in [5.74, 6) is 3.05. The lowest BCUT2D eigenvalue weighted by molar-refractivity contribution is -0.119. The average Bonchev–Trinajstić information content (AvgIpc) is 2.76. The van der Waals surface area contributed by atoms with Gasteiger partial charge in [-0.15, -0.1) is 0 Å². The minimum Gasteiger partial charge on any atom is -0.396 e. The first-order valence-electron chi connectivity index (χ1n) is 13.4. The van der Waals surface area contributed by atoms with E-state index >= 15 is 0 Å². The van der Waals surface area contributed by atoms with Crippen LogP contribution in [0.4, 0.5) is 0 Å². The molecule has 30 heavy (non-hydrogen) atoms. The highest BCUT2D eigenvalue weighted by molar-refractivity contribution is 7.99. The topological polar surface area (TPSA) is 37.3 Å². The SMILES string of the molecule is CCCCCC(CCO)CCC(=O)CCC(CCCCC)CCSC1CCCCC1. The molecule has 0 bridgehead atoms. The number of rotatable bonds is 20. The highest BCUT2D eigenvalue weighted by atomic mass is 32.2. The van der Waals surface area contributed by atoms with Gasteiger partial charge < -0.3 is 5.11 Å². The second-order valence-electron chi connectivity index (χ2n) is 9.77. The predicted molar refractivity (Wildman–Crippen MR) is 134 cm³/mol. The third-order valence-corrected chi connectivity index (χ3v) is 8.48. The zero-order chi connectivity index (χ0) is 21.9. The number of hydrogen-bond acceptors (Lipinski definition) is 3. The fourth-order valence-corrected chi connectivity index (χ4v) is 6.37. The molecule has 0 aromatic rings. The summed E-state index contributed by atoms with van der Waals surface area (Å²) in [5, 5.41) is 10.2. The molecule has 0 aromatic carbocycles. The van der Waals surface area contributed by atoms with Gasteiger partial charge in [-0.05, 0) is 56.1 Å². The van der Waals surface area contributed by atoms with Crippen molar-refractivity contribution in [1.82, 2.24) is 0 Å². The van der Waals surface area contributed by atoms with Crippen LogP contribution in [-0.4, -0.2) is 28.5 Å². The Labute approximate surface area is 192 Å². The van der Waals surface area contributed by atoms with Gasteiger partial charge in [-0.3, -0.25) is 4.79 Å². The third-order valence-electron chi connectivity index (χ3n) is 7.06. The number of ketones is 1. The molecule has 0 amide bonds. The number of hydrogen-bond donors (Lipinski definition) is 1. The maximum atomic E-state index is 12.6. The van der Waals surface area contributed by atoms with Crippen molar-refractivity contribution >= 4 is 17.5 Å². The van der Waals surface area contributed by atoms with Crippen LogP contribution in [0.15, 0.2) is 0 Å². The van der Waals surface area contributed by atoms with Crippen LogP contribution in [0.3, 0.4) is 0 Å². The highest BCUT2D eigenvalue weighted by Crippen LogP contribution is 2.31. The van der Waals surface area contributed by atoms with E-state index in [1.165, 1.54) is 95.6 Å². The first-order chi connectivity index (χ1) is 14.7. The lowest BCUT2D eigenvalue weighted by Crippen LogP contribution is -2.12. The molecule has 0 spiro atoms. The summed E-state index contributed by atoms with van der Waals surface area (Å²) >= 11 is 2.22. The van der Waals surface area contributed by atoms with E-state index in [1.54, 1.807) is 0 Å². The smallest absolute Gasteiger partial charge is 0.132 e. The number of thioether (sulfide) groups is 1. The highest BCUT2D eigenvalue weighted by Gasteiger charge is 2.17. The fraction of sp³-hybridized carbons (Fsp3) is 0.963. The number of aliphatic hydroxyl groups is 1. The maximum Gasteiger partial charge on any atom is 0.132 e. The molecule has 0 aromatic heterocycles. The van der Waals surface area contributed by atoms with Gasteiger partial charge in [0, 0.05) is 24.7 Å². The summed E-state index contributed by atoms with van der Waals surface area (Å²) < 4.78 is 0. The molecule has 178 valence electrons. The molecule has 2 nitrogen and oxygen atoms in total. The first kappa shape index (κ1) is 28.0. The van der Waals surface area contributed by atoms with E-state index in [2.05, 4.69) is 25.6 Å². The summed E-state index contributed by atoms with van der Waals surface area (Å²) in [6, 6.07) is 0. The Balaban J connectivity index is 2.29. The molecule has 0 aliphatic heterocycles. The summed E-state index contributed by atoms with van der Waals surface area (Å²) in [6.07, 6.45) is 23.1. The molecule has 1 N–H and O–H groups in total. The molecule has 1 rings (SSSR count). The lowest BCUT2D eigenvalue weighted by atomic mass is 9.89. The summed E-state index contributed by atoms with van der Waals surface area (Å²) in [5.41, 5.74) is 0. The normalized spacial score (nSPS) is 17.2. The van der Waals surface area contributed by atoms with Crippen LogP contribution in [0.5, 0.6) is 0 Å². The van der Waals surface area contributed by atoms with E-state index < -0.39 is 0 Å². The van der Waals surface area contributed by atoms with E-state index in [4.69, 9.17) is 0 Å². The number of carbonyl (C=O) groups is 1. The van der Waals surface area contributed by atoms with Crippen molar-refractivity contribution in [3.05, 3.63) is 0 Å². The van der Waals surface area contributed by atoms with Crippen LogP contribution in [0.25, 0.3) is 0 Å². The quantitative estimate of drug-likeness (QED) is 0.193. The van der Waals surface area contributed by atoms with E-state index in [9.17, 15) is 9.90 Å². The molecule has 2 unspecified atom stereocenters. The second kappa shape index (κ2) is 19.6. The van der Waals surface area contributed by atoms with Gasteiger partial charge in [-0.2, -0.15) is 11.8 Å². The summed E-state index contributed by atoms with van der Waals surface area (Å²) in [6.45, 7) is 4.78. The van der Waals surface area contributed by atoms with Crippen molar-refractivity contribution in [3.8, 4) is 0 Å². The number of Topliss-reactive ketones (excluding diaryl/α,β-unsaturated/α-hetero) is 1. The molecule has 1 aliphatic carbocycles.